The highest BCUT2D eigenvalue weighted by molar-refractivity contribution is 5.89. The lowest BCUT2D eigenvalue weighted by Gasteiger charge is -2.37. The minimum absolute atomic E-state index is 0.0113. The number of cyclic esters (lactones) is 1. The molecule has 10 heteroatoms. The van der Waals surface area contributed by atoms with Crippen molar-refractivity contribution in [3.63, 3.8) is 0 Å². The van der Waals surface area contributed by atoms with Crippen LogP contribution in [0.5, 0.6) is 0 Å². The number of fused-ring (bicyclic) bond motifs is 1. The van der Waals surface area contributed by atoms with Crippen molar-refractivity contribution in [3.05, 3.63) is 47.2 Å². The largest absolute Gasteiger partial charge is 0.465 e. The van der Waals surface area contributed by atoms with E-state index in [1.54, 1.807) is 6.20 Å². The second kappa shape index (κ2) is 9.39. The van der Waals surface area contributed by atoms with Crippen LogP contribution in [-0.2, 0) is 17.8 Å². The van der Waals surface area contributed by atoms with Gasteiger partial charge in [0.2, 0.25) is 5.95 Å². The van der Waals surface area contributed by atoms with E-state index >= 15 is 0 Å². The molecule has 0 aliphatic carbocycles. The Labute approximate surface area is 186 Å². The fraction of sp³-hybridized carbons (Fsp3) is 0.455. The second-order valence-electron chi connectivity index (χ2n) is 8.04. The summed E-state index contributed by atoms with van der Waals surface area (Å²) in [6.07, 6.45) is 1.33. The van der Waals surface area contributed by atoms with E-state index in [-0.39, 0.29) is 24.8 Å². The number of nitrogens with zero attached hydrogens (tertiary/aromatic N) is 4. The summed E-state index contributed by atoms with van der Waals surface area (Å²) in [6.45, 7) is 6.50. The Hall–Kier alpha value is -3.40. The van der Waals surface area contributed by atoms with Crippen LogP contribution in [0.3, 0.4) is 0 Å². The Morgan fingerprint density at radius 1 is 1.31 bits per heavy atom. The van der Waals surface area contributed by atoms with Gasteiger partial charge in [0.1, 0.15) is 12.4 Å². The van der Waals surface area contributed by atoms with Crippen LogP contribution < -0.4 is 15.5 Å². The Morgan fingerprint density at radius 2 is 2.06 bits per heavy atom. The number of hydrogen-bond donors (Lipinski definition) is 3. The van der Waals surface area contributed by atoms with Gasteiger partial charge >= 0.3 is 12.2 Å². The minimum Gasteiger partial charge on any atom is -0.465 e. The van der Waals surface area contributed by atoms with Crippen LogP contribution in [0.15, 0.2) is 30.5 Å². The van der Waals surface area contributed by atoms with Gasteiger partial charge in [-0.2, -0.15) is 4.98 Å². The van der Waals surface area contributed by atoms with Gasteiger partial charge in [-0.25, -0.2) is 14.6 Å². The average molecular weight is 441 g/mol. The molecular weight excluding hydrogens is 412 g/mol. The summed E-state index contributed by atoms with van der Waals surface area (Å²) in [6, 6.07) is 8.59. The molecule has 3 heterocycles. The molecule has 1 unspecified atom stereocenters. The van der Waals surface area contributed by atoms with E-state index in [2.05, 4.69) is 44.9 Å². The number of carbonyl (C=O) groups is 2. The maximum Gasteiger partial charge on any atom is 0.415 e. The summed E-state index contributed by atoms with van der Waals surface area (Å²) < 4.78 is 5.13. The Balaban J connectivity index is 1.30. The van der Waals surface area contributed by atoms with Crippen LogP contribution in [0.4, 0.5) is 21.4 Å². The third-order valence-electron chi connectivity index (χ3n) is 5.81. The summed E-state index contributed by atoms with van der Waals surface area (Å²) in [5.41, 5.74) is 3.11. The highest BCUT2D eigenvalue weighted by Crippen LogP contribution is 2.26. The minimum atomic E-state index is -0.854. The summed E-state index contributed by atoms with van der Waals surface area (Å²) in [5.74, 6) is 1.06. The monoisotopic (exact) mass is 440 g/mol. The summed E-state index contributed by atoms with van der Waals surface area (Å²) in [5, 5.41) is 15.6. The third kappa shape index (κ3) is 4.75. The molecular formula is C22H28N6O4. The zero-order chi connectivity index (χ0) is 22.7. The van der Waals surface area contributed by atoms with Crippen molar-refractivity contribution < 1.29 is 19.4 Å². The van der Waals surface area contributed by atoms with Crippen molar-refractivity contribution in [2.45, 2.75) is 39.0 Å². The lowest BCUT2D eigenvalue weighted by molar-refractivity contribution is 0.0962. The molecule has 0 saturated carbocycles. The predicted octanol–water partition coefficient (Wildman–Crippen LogP) is 2.62. The molecule has 1 atom stereocenters. The van der Waals surface area contributed by atoms with Gasteiger partial charge in [0, 0.05) is 31.9 Å². The van der Waals surface area contributed by atoms with Gasteiger partial charge in [0.15, 0.2) is 0 Å². The molecule has 1 fully saturated rings. The lowest BCUT2D eigenvalue weighted by Crippen LogP contribution is -2.59. The number of rotatable bonds is 8. The maximum absolute atomic E-state index is 11.9. The number of ether oxygens (including phenoxy) is 1. The molecule has 0 radical (unpaired) electrons. The molecule has 1 aromatic heterocycles. The number of nitrogens with one attached hydrogen (secondary N) is 2. The van der Waals surface area contributed by atoms with Gasteiger partial charge in [-0.05, 0) is 37.9 Å². The van der Waals surface area contributed by atoms with Crippen molar-refractivity contribution in [2.75, 3.05) is 36.4 Å². The summed E-state index contributed by atoms with van der Waals surface area (Å²) in [4.78, 5) is 34.5. The molecule has 170 valence electrons. The van der Waals surface area contributed by atoms with Crippen LogP contribution in [0.1, 0.15) is 36.6 Å². The Kier molecular flexibility index (Phi) is 6.40. The first-order chi connectivity index (χ1) is 15.4. The van der Waals surface area contributed by atoms with Crippen LogP contribution in [0.25, 0.3) is 0 Å². The molecule has 2 aromatic rings. The molecule has 4 rings (SSSR count). The lowest BCUT2D eigenvalue weighted by atomic mass is 10.0. The molecule has 0 bridgehead atoms. The molecule has 2 amide bonds. The first kappa shape index (κ1) is 21.8. The van der Waals surface area contributed by atoms with Gasteiger partial charge in [-0.15, -0.1) is 0 Å². The third-order valence-corrected chi connectivity index (χ3v) is 5.81. The predicted molar refractivity (Wildman–Crippen MR) is 119 cm³/mol. The smallest absolute Gasteiger partial charge is 0.415 e. The first-order valence-corrected chi connectivity index (χ1v) is 10.8. The van der Waals surface area contributed by atoms with Crippen molar-refractivity contribution in [1.82, 2.24) is 20.2 Å². The quantitative estimate of drug-likeness (QED) is 0.573. The number of likely N-dealkylation sites (tertiary alicyclic amines) is 1. The van der Waals surface area contributed by atoms with Crippen molar-refractivity contribution in [2.24, 2.45) is 0 Å². The summed E-state index contributed by atoms with van der Waals surface area (Å²) in [7, 11) is 0. The topological polar surface area (TPSA) is 120 Å². The van der Waals surface area contributed by atoms with Crippen LogP contribution in [-0.4, -0.2) is 64.4 Å². The number of carbonyl (C=O) groups excluding carboxylic acids is 1. The van der Waals surface area contributed by atoms with Crippen molar-refractivity contribution in [3.8, 4) is 0 Å². The number of carboxylic acid groups (broad SMARTS) is 1. The van der Waals surface area contributed by atoms with Gasteiger partial charge in [0.05, 0.1) is 11.6 Å². The van der Waals surface area contributed by atoms with E-state index in [0.29, 0.717) is 31.4 Å². The zero-order valence-corrected chi connectivity index (χ0v) is 18.2. The van der Waals surface area contributed by atoms with Gasteiger partial charge in [-0.3, -0.25) is 4.90 Å². The van der Waals surface area contributed by atoms with Gasteiger partial charge < -0.3 is 25.4 Å². The van der Waals surface area contributed by atoms with Crippen LogP contribution >= 0.6 is 0 Å². The number of benzene rings is 1. The molecule has 3 N–H and O–H groups in total. The highest BCUT2D eigenvalue weighted by atomic mass is 16.6. The molecule has 2 aliphatic heterocycles. The van der Waals surface area contributed by atoms with Gasteiger partial charge in [0.25, 0.3) is 0 Å². The molecule has 2 aliphatic rings. The fourth-order valence-corrected chi connectivity index (χ4v) is 3.82. The van der Waals surface area contributed by atoms with Gasteiger partial charge in [-0.1, -0.05) is 24.3 Å². The zero-order valence-electron chi connectivity index (χ0n) is 18.2. The van der Waals surface area contributed by atoms with E-state index < -0.39 is 6.09 Å². The van der Waals surface area contributed by atoms with E-state index in [9.17, 15) is 9.59 Å². The molecule has 10 nitrogen and oxygen atoms in total. The van der Waals surface area contributed by atoms with Crippen molar-refractivity contribution >= 4 is 24.0 Å². The number of amides is 2. The molecule has 32 heavy (non-hydrogen) atoms. The van der Waals surface area contributed by atoms with E-state index in [4.69, 9.17) is 9.84 Å². The fourth-order valence-electron chi connectivity index (χ4n) is 3.82. The standard InChI is InChI=1S/C22H28N6O4/c1-3-28-19-17(13-32-22(28)31)10-24-20(26-19)25-14(2)16-6-4-15(5-7-16)8-9-23-18-11-27(12-18)21(29)30/h4-7,10,14,18,23H,3,8-9,11-13H2,1-2H3,(H,29,30)(H,24,25,26). The maximum atomic E-state index is 11.9. The second-order valence-corrected chi connectivity index (χ2v) is 8.04. The number of aromatic nitrogens is 2. The van der Waals surface area contributed by atoms with Crippen LogP contribution in [0.2, 0.25) is 0 Å². The first-order valence-electron chi connectivity index (χ1n) is 10.8. The normalized spacial score (nSPS) is 16.8. The Morgan fingerprint density at radius 3 is 2.75 bits per heavy atom. The molecule has 1 saturated heterocycles. The van der Waals surface area contributed by atoms with Crippen LogP contribution in [0, 0.1) is 0 Å². The SMILES string of the molecule is CCN1C(=O)OCc2cnc(NC(C)c3ccc(CCNC4CN(C(=O)O)C4)cc3)nc21. The number of hydrogen-bond acceptors (Lipinski definition) is 7. The molecule has 1 aromatic carbocycles. The van der Waals surface area contributed by atoms with Crippen molar-refractivity contribution in [1.29, 1.82) is 0 Å². The molecule has 0 spiro atoms. The highest BCUT2D eigenvalue weighted by Gasteiger charge is 2.29. The van der Waals surface area contributed by atoms with E-state index in [1.165, 1.54) is 15.4 Å². The Bertz CT molecular complexity index is 977. The number of anilines is 2. The summed E-state index contributed by atoms with van der Waals surface area (Å²) >= 11 is 0. The van der Waals surface area contributed by atoms with E-state index in [0.717, 1.165) is 24.1 Å². The average Bonchev–Trinajstić information content (AvgIpc) is 2.75. The van der Waals surface area contributed by atoms with E-state index in [1.807, 2.05) is 13.8 Å².